The van der Waals surface area contributed by atoms with Crippen LogP contribution in [0.25, 0.3) is 10.8 Å². The summed E-state index contributed by atoms with van der Waals surface area (Å²) in [5.41, 5.74) is 3.29. The molecule has 0 saturated heterocycles. The number of alkyl halides is 3. The van der Waals surface area contributed by atoms with E-state index in [0.29, 0.717) is 24.8 Å². The van der Waals surface area contributed by atoms with E-state index in [0.717, 1.165) is 36.0 Å². The molecule has 0 radical (unpaired) electrons. The summed E-state index contributed by atoms with van der Waals surface area (Å²) in [5, 5.41) is 8.90. The van der Waals surface area contributed by atoms with Crippen LogP contribution >= 0.6 is 0 Å². The number of hydrogen-bond acceptors (Lipinski definition) is 5. The first-order valence-corrected chi connectivity index (χ1v) is 15.4. The maximum absolute atomic E-state index is 12.3. The van der Waals surface area contributed by atoms with Crippen LogP contribution in [0.5, 0.6) is 0 Å². The van der Waals surface area contributed by atoms with E-state index in [2.05, 4.69) is 78.6 Å². The van der Waals surface area contributed by atoms with Crippen molar-refractivity contribution in [3.63, 3.8) is 0 Å². The van der Waals surface area contributed by atoms with E-state index in [9.17, 15) is 27.6 Å². The van der Waals surface area contributed by atoms with Crippen LogP contribution in [-0.4, -0.2) is 45.2 Å². The summed E-state index contributed by atoms with van der Waals surface area (Å²) in [4.78, 5) is 29.6. The van der Waals surface area contributed by atoms with E-state index in [4.69, 9.17) is 0 Å². The quantitative estimate of drug-likeness (QED) is 0.106. The molecule has 1 fully saturated rings. The predicted molar refractivity (Wildman–Crippen MR) is 186 cm³/mol. The van der Waals surface area contributed by atoms with Crippen molar-refractivity contribution < 1.29 is 27.6 Å². The van der Waals surface area contributed by atoms with Crippen LogP contribution in [-0.2, 0) is 21.5 Å². The Morgan fingerprint density at radius 3 is 2.06 bits per heavy atom. The first-order chi connectivity index (χ1) is 22.4. The molecule has 0 aliphatic heterocycles. The van der Waals surface area contributed by atoms with Crippen molar-refractivity contribution in [3.05, 3.63) is 119 Å². The molecule has 4 rings (SSSR count). The van der Waals surface area contributed by atoms with E-state index in [-0.39, 0.29) is 11.3 Å². The van der Waals surface area contributed by atoms with E-state index < -0.39 is 11.7 Å². The Morgan fingerprint density at radius 2 is 1.60 bits per heavy atom. The third kappa shape index (κ3) is 14.6. The molecule has 1 saturated carbocycles. The van der Waals surface area contributed by atoms with E-state index in [1.165, 1.54) is 42.2 Å². The molecular formula is C39H45F3N2O3. The van der Waals surface area contributed by atoms with Gasteiger partial charge in [0, 0.05) is 23.1 Å². The van der Waals surface area contributed by atoms with Gasteiger partial charge in [-0.1, -0.05) is 99.0 Å². The third-order valence-electron chi connectivity index (χ3n) is 7.19. The molecule has 3 aromatic carbocycles. The molecule has 5 nitrogen and oxygen atoms in total. The van der Waals surface area contributed by atoms with Gasteiger partial charge in [-0.2, -0.15) is 13.2 Å². The Balaban J connectivity index is 0.000000331. The molecule has 8 heteroatoms. The molecule has 2 N–H and O–H groups in total. The van der Waals surface area contributed by atoms with Crippen LogP contribution in [0.1, 0.15) is 61.5 Å². The lowest BCUT2D eigenvalue weighted by molar-refractivity contribution is -0.129. The van der Waals surface area contributed by atoms with Gasteiger partial charge >= 0.3 is 6.18 Å². The van der Waals surface area contributed by atoms with Gasteiger partial charge in [-0.15, -0.1) is 0 Å². The molecule has 3 aromatic rings. The molecule has 0 amide bonds. The van der Waals surface area contributed by atoms with Crippen molar-refractivity contribution in [1.82, 2.24) is 10.6 Å². The van der Waals surface area contributed by atoms with E-state index in [1.54, 1.807) is 14.0 Å². The normalized spacial score (nSPS) is 12.9. The van der Waals surface area contributed by atoms with Crippen molar-refractivity contribution in [2.24, 2.45) is 0 Å². The first kappa shape index (κ1) is 40.4. The Bertz CT molecular complexity index is 1590. The summed E-state index contributed by atoms with van der Waals surface area (Å²) < 4.78 is 36.8. The molecule has 47 heavy (non-hydrogen) atoms. The van der Waals surface area contributed by atoms with E-state index >= 15 is 0 Å². The number of aldehydes is 2. The van der Waals surface area contributed by atoms with Crippen molar-refractivity contribution in [2.45, 2.75) is 58.2 Å². The SMILES string of the molecule is C=C(C#CCNC)/C=C\C(=C/C)C(F)(F)F.CCC(=O)C=O.CCc1ccccc1C=O.CNC1(c2ccc3ccccc3c2)CC1. The van der Waals surface area contributed by atoms with Gasteiger partial charge in [-0.3, -0.25) is 14.4 Å². The number of benzene rings is 3. The molecule has 1 aliphatic carbocycles. The number of fused-ring (bicyclic) bond motifs is 1. The molecule has 0 atom stereocenters. The molecule has 0 heterocycles. The minimum absolute atomic E-state index is 0.282. The summed E-state index contributed by atoms with van der Waals surface area (Å²) in [7, 11) is 3.79. The summed E-state index contributed by atoms with van der Waals surface area (Å²) in [6, 6.07) is 23.0. The standard InChI is InChI=1S/C14H15N.C12H14F3N.C9H10O.C4H6O2/c1-15-14(8-9-14)13-7-6-11-4-2-3-5-12(11)10-13;1-4-11(12(13,14)15)8-7-10(2)6-5-9-16-3;1-2-8-5-3-4-6-9(8)7-10;1-2-4(6)3-5/h2-7,10,15H,8-9H2,1H3;4,7-8,16H,2,9H2,1,3H3;3-7H,2H2,1H3;3H,2H2,1H3/b;8-7-,11-4+;;. The monoisotopic (exact) mass is 646 g/mol. The summed E-state index contributed by atoms with van der Waals surface area (Å²) in [6.45, 7) is 9.04. The minimum Gasteiger partial charge on any atom is -0.310 e. The zero-order valence-corrected chi connectivity index (χ0v) is 27.8. The largest absolute Gasteiger partial charge is 0.416 e. The highest BCUT2D eigenvalue weighted by Gasteiger charge is 2.42. The van der Waals surface area contributed by atoms with Crippen molar-refractivity contribution in [1.29, 1.82) is 0 Å². The zero-order chi connectivity index (χ0) is 35.3. The third-order valence-corrected chi connectivity index (χ3v) is 7.19. The van der Waals surface area contributed by atoms with Crippen molar-refractivity contribution >= 4 is 29.1 Å². The molecule has 0 spiro atoms. The summed E-state index contributed by atoms with van der Waals surface area (Å²) in [6.07, 6.45) is 3.91. The number of aryl methyl sites for hydroxylation is 1. The number of ketones is 1. The number of halogens is 3. The highest BCUT2D eigenvalue weighted by atomic mass is 19.4. The van der Waals surface area contributed by atoms with Crippen molar-refractivity contribution in [2.75, 3.05) is 20.6 Å². The van der Waals surface area contributed by atoms with Crippen molar-refractivity contribution in [3.8, 4) is 11.8 Å². The number of carbonyl (C=O) groups excluding carboxylic acids is 3. The number of allylic oxidation sites excluding steroid dienone is 5. The maximum atomic E-state index is 12.3. The van der Waals surface area contributed by atoms with Crippen LogP contribution in [0.3, 0.4) is 0 Å². The average Bonchev–Trinajstić information content (AvgIpc) is 3.90. The average molecular weight is 647 g/mol. The molecular weight excluding hydrogens is 601 g/mol. The Labute approximate surface area is 277 Å². The lowest BCUT2D eigenvalue weighted by Gasteiger charge is -2.15. The molecule has 250 valence electrons. The highest BCUT2D eigenvalue weighted by Crippen LogP contribution is 2.45. The molecule has 1 aliphatic rings. The second-order valence-electron chi connectivity index (χ2n) is 10.4. The fourth-order valence-electron chi connectivity index (χ4n) is 4.18. The number of Topliss-reactive ketones (excluding diaryl/α,β-unsaturated/α-hetero) is 1. The lowest BCUT2D eigenvalue weighted by atomic mass is 10.0. The Hall–Kier alpha value is -4.58. The second-order valence-corrected chi connectivity index (χ2v) is 10.4. The number of carbonyl (C=O) groups is 3. The highest BCUT2D eigenvalue weighted by molar-refractivity contribution is 6.24. The molecule has 0 unspecified atom stereocenters. The maximum Gasteiger partial charge on any atom is 0.416 e. The van der Waals surface area contributed by atoms with Gasteiger partial charge in [-0.05, 0) is 80.4 Å². The van der Waals surface area contributed by atoms with Crippen LogP contribution in [0, 0.1) is 11.8 Å². The van der Waals surface area contributed by atoms with Gasteiger partial charge < -0.3 is 10.6 Å². The second kappa shape index (κ2) is 21.3. The van der Waals surface area contributed by atoms with Gasteiger partial charge in [0.15, 0.2) is 12.1 Å². The summed E-state index contributed by atoms with van der Waals surface area (Å²) in [5.74, 6) is 4.99. The van der Waals surface area contributed by atoms with Gasteiger partial charge in [0.1, 0.15) is 6.29 Å². The number of hydrogen-bond donors (Lipinski definition) is 2. The van der Waals surface area contributed by atoms with Crippen LogP contribution < -0.4 is 10.6 Å². The van der Waals surface area contributed by atoms with Crippen LogP contribution in [0.2, 0.25) is 0 Å². The Morgan fingerprint density at radius 1 is 0.957 bits per heavy atom. The fraction of sp³-hybridized carbons (Fsp3) is 0.308. The van der Waals surface area contributed by atoms with Gasteiger partial charge in [0.2, 0.25) is 0 Å². The van der Waals surface area contributed by atoms with Crippen LogP contribution in [0.15, 0.2) is 103 Å². The molecule has 0 aromatic heterocycles. The van der Waals surface area contributed by atoms with Crippen LogP contribution in [0.4, 0.5) is 13.2 Å². The van der Waals surface area contributed by atoms with E-state index in [1.807, 2.05) is 31.2 Å². The zero-order valence-electron chi connectivity index (χ0n) is 27.8. The molecule has 0 bridgehead atoms. The van der Waals surface area contributed by atoms with Gasteiger partial charge in [0.05, 0.1) is 12.1 Å². The topological polar surface area (TPSA) is 75.3 Å². The minimum atomic E-state index is -4.33. The fourth-order valence-corrected chi connectivity index (χ4v) is 4.18. The lowest BCUT2D eigenvalue weighted by Crippen LogP contribution is -2.24. The predicted octanol–water partition coefficient (Wildman–Crippen LogP) is 8.10. The number of nitrogens with one attached hydrogen (secondary N) is 2. The van der Waals surface area contributed by atoms with Gasteiger partial charge in [-0.25, -0.2) is 0 Å². The van der Waals surface area contributed by atoms with Gasteiger partial charge in [0.25, 0.3) is 0 Å². The smallest absolute Gasteiger partial charge is 0.310 e. The Kier molecular flexibility index (Phi) is 18.3. The summed E-state index contributed by atoms with van der Waals surface area (Å²) >= 11 is 0. The number of rotatable bonds is 9. The first-order valence-electron chi connectivity index (χ1n) is 15.4.